The number of anilines is 1. The lowest BCUT2D eigenvalue weighted by Gasteiger charge is -2.37. The van der Waals surface area contributed by atoms with Crippen LogP contribution in [0.15, 0.2) is 97.3 Å². The Morgan fingerprint density at radius 3 is 2.27 bits per heavy atom. The average molecular weight is 591 g/mol. The molecule has 44 heavy (non-hydrogen) atoms. The number of methoxy groups -OCH3 is 2. The third-order valence-corrected chi connectivity index (χ3v) is 8.37. The molecular weight excluding hydrogens is 552 g/mol. The molecule has 8 heteroatoms. The Hall–Kier alpha value is -4.98. The van der Waals surface area contributed by atoms with Crippen LogP contribution in [0.1, 0.15) is 34.7 Å². The minimum Gasteiger partial charge on any atom is -0.497 e. The van der Waals surface area contributed by atoms with Crippen molar-refractivity contribution in [2.75, 3.05) is 45.3 Å². The minimum absolute atomic E-state index is 0.104. The standard InChI is InChI=1S/C36H38N4O4/c1-26-10-7-8-13-32(26)38-16-18-39(19-17-38)35(41)23-31(28-20-29(42-2)22-30(21-28)43-3)33-24-37-36-34(14-9-15-40(33)36)44-25-27-11-5-4-6-12-27/h4-15,20-22,24,31H,16-19,23,25H2,1-3H3/t31-/m0/s1. The maximum absolute atomic E-state index is 13.9. The van der Waals surface area contributed by atoms with E-state index in [0.717, 1.165) is 29.9 Å². The molecule has 1 atom stereocenters. The summed E-state index contributed by atoms with van der Waals surface area (Å²) in [6.45, 7) is 5.51. The molecule has 0 saturated carbocycles. The average Bonchev–Trinajstić information content (AvgIpc) is 3.51. The third-order valence-electron chi connectivity index (χ3n) is 8.37. The van der Waals surface area contributed by atoms with Crippen molar-refractivity contribution in [2.24, 2.45) is 0 Å². The second-order valence-electron chi connectivity index (χ2n) is 11.1. The smallest absolute Gasteiger partial charge is 0.223 e. The number of aryl methyl sites for hydroxylation is 1. The number of hydrogen-bond donors (Lipinski definition) is 0. The van der Waals surface area contributed by atoms with E-state index in [1.165, 1.54) is 11.3 Å². The highest BCUT2D eigenvalue weighted by Crippen LogP contribution is 2.36. The maximum atomic E-state index is 13.9. The zero-order chi connectivity index (χ0) is 30.5. The first-order chi connectivity index (χ1) is 21.5. The van der Waals surface area contributed by atoms with Crippen LogP contribution in [0.5, 0.6) is 17.2 Å². The largest absolute Gasteiger partial charge is 0.497 e. The third kappa shape index (κ3) is 6.20. The van der Waals surface area contributed by atoms with Gasteiger partial charge in [-0.1, -0.05) is 48.5 Å². The number of nitrogens with zero attached hydrogens (tertiary/aromatic N) is 4. The number of imidazole rings is 1. The Kier molecular flexibility index (Phi) is 8.68. The van der Waals surface area contributed by atoms with Crippen molar-refractivity contribution >= 4 is 17.2 Å². The fourth-order valence-corrected chi connectivity index (χ4v) is 5.95. The molecule has 8 nitrogen and oxygen atoms in total. The summed E-state index contributed by atoms with van der Waals surface area (Å²) in [6.07, 6.45) is 4.11. The SMILES string of the molecule is COc1cc(OC)cc([C@H](CC(=O)N2CCN(c3ccccc3C)CC2)c2cnc3c(OCc4ccccc4)cccn23)c1. The zero-order valence-corrected chi connectivity index (χ0v) is 25.5. The molecule has 1 aliphatic heterocycles. The summed E-state index contributed by atoms with van der Waals surface area (Å²) < 4.78 is 19.4. The van der Waals surface area contributed by atoms with E-state index in [-0.39, 0.29) is 18.2 Å². The lowest BCUT2D eigenvalue weighted by atomic mass is 9.91. The van der Waals surface area contributed by atoms with E-state index in [9.17, 15) is 4.79 Å². The molecule has 0 spiro atoms. The topological polar surface area (TPSA) is 68.5 Å². The first-order valence-corrected chi connectivity index (χ1v) is 15.0. The van der Waals surface area contributed by atoms with Crippen LogP contribution in [-0.2, 0) is 11.4 Å². The number of fused-ring (bicyclic) bond motifs is 1. The van der Waals surface area contributed by atoms with Gasteiger partial charge >= 0.3 is 0 Å². The van der Waals surface area contributed by atoms with Gasteiger partial charge in [0.05, 0.1) is 19.9 Å². The van der Waals surface area contributed by atoms with E-state index >= 15 is 0 Å². The number of para-hydroxylation sites is 1. The normalized spacial score (nSPS) is 14.0. The Morgan fingerprint density at radius 1 is 0.864 bits per heavy atom. The number of carbonyl (C=O) groups excluding carboxylic acids is 1. The van der Waals surface area contributed by atoms with Crippen LogP contribution < -0.4 is 19.1 Å². The predicted octanol–water partition coefficient (Wildman–Crippen LogP) is 6.11. The quantitative estimate of drug-likeness (QED) is 0.196. The van der Waals surface area contributed by atoms with Crippen molar-refractivity contribution < 1.29 is 19.0 Å². The molecule has 2 aromatic heterocycles. The van der Waals surface area contributed by atoms with Gasteiger partial charge in [0.2, 0.25) is 5.91 Å². The number of pyridine rings is 1. The van der Waals surface area contributed by atoms with Crippen molar-refractivity contribution in [1.82, 2.24) is 14.3 Å². The van der Waals surface area contributed by atoms with Gasteiger partial charge in [0.25, 0.3) is 0 Å². The fourth-order valence-electron chi connectivity index (χ4n) is 5.95. The van der Waals surface area contributed by atoms with E-state index in [1.54, 1.807) is 14.2 Å². The molecule has 0 bridgehead atoms. The van der Waals surface area contributed by atoms with Crippen molar-refractivity contribution in [2.45, 2.75) is 25.9 Å². The van der Waals surface area contributed by atoms with Crippen LogP contribution in [0.2, 0.25) is 0 Å². The predicted molar refractivity (Wildman–Crippen MR) is 172 cm³/mol. The Labute approximate surface area is 258 Å². The van der Waals surface area contributed by atoms with Crippen molar-refractivity contribution in [3.63, 3.8) is 0 Å². The number of piperazine rings is 1. The lowest BCUT2D eigenvalue weighted by Crippen LogP contribution is -2.49. The fraction of sp³-hybridized carbons (Fsp3) is 0.278. The number of carbonyl (C=O) groups is 1. The second kappa shape index (κ2) is 13.1. The number of benzene rings is 3. The summed E-state index contributed by atoms with van der Waals surface area (Å²) in [5.41, 5.74) is 6.09. The molecule has 0 aliphatic carbocycles. The number of ether oxygens (including phenoxy) is 3. The number of hydrogen-bond acceptors (Lipinski definition) is 6. The molecule has 3 heterocycles. The van der Waals surface area contributed by atoms with Gasteiger partial charge in [0.1, 0.15) is 18.1 Å². The van der Waals surface area contributed by atoms with E-state index < -0.39 is 0 Å². The number of rotatable bonds is 10. The van der Waals surface area contributed by atoms with Crippen molar-refractivity contribution in [3.8, 4) is 17.2 Å². The minimum atomic E-state index is -0.291. The molecule has 0 radical (unpaired) electrons. The lowest BCUT2D eigenvalue weighted by molar-refractivity contribution is -0.131. The highest BCUT2D eigenvalue weighted by molar-refractivity contribution is 5.78. The van der Waals surface area contributed by atoms with Crippen LogP contribution >= 0.6 is 0 Å². The molecule has 0 N–H and O–H groups in total. The number of amides is 1. The van der Waals surface area contributed by atoms with Crippen LogP contribution in [0.4, 0.5) is 5.69 Å². The van der Waals surface area contributed by atoms with E-state index in [0.29, 0.717) is 42.6 Å². The van der Waals surface area contributed by atoms with Gasteiger partial charge in [-0.15, -0.1) is 0 Å². The van der Waals surface area contributed by atoms with Crippen molar-refractivity contribution in [3.05, 3.63) is 120 Å². The van der Waals surface area contributed by atoms with Crippen LogP contribution in [0.25, 0.3) is 5.65 Å². The van der Waals surface area contributed by atoms with Gasteiger partial charge < -0.3 is 28.4 Å². The van der Waals surface area contributed by atoms with E-state index in [2.05, 4.69) is 36.1 Å². The van der Waals surface area contributed by atoms with Crippen LogP contribution in [-0.4, -0.2) is 60.6 Å². The van der Waals surface area contributed by atoms with Gasteiger partial charge in [0, 0.05) is 62.7 Å². The summed E-state index contributed by atoms with van der Waals surface area (Å²) in [5, 5.41) is 0. The Bertz CT molecular complexity index is 1710. The Balaban J connectivity index is 1.28. The summed E-state index contributed by atoms with van der Waals surface area (Å²) in [6, 6.07) is 28.2. The van der Waals surface area contributed by atoms with Gasteiger partial charge in [-0.2, -0.15) is 0 Å². The first kappa shape index (κ1) is 29.1. The molecular formula is C36H38N4O4. The highest BCUT2D eigenvalue weighted by atomic mass is 16.5. The first-order valence-electron chi connectivity index (χ1n) is 15.0. The molecule has 3 aromatic carbocycles. The van der Waals surface area contributed by atoms with Gasteiger partial charge in [-0.25, -0.2) is 4.98 Å². The van der Waals surface area contributed by atoms with Crippen molar-refractivity contribution in [1.29, 1.82) is 0 Å². The molecule has 1 fully saturated rings. The molecule has 226 valence electrons. The summed E-state index contributed by atoms with van der Waals surface area (Å²) >= 11 is 0. The number of aromatic nitrogens is 2. The molecule has 5 aromatic rings. The van der Waals surface area contributed by atoms with Crippen LogP contribution in [0.3, 0.4) is 0 Å². The monoisotopic (exact) mass is 590 g/mol. The molecule has 0 unspecified atom stereocenters. The molecule has 1 amide bonds. The summed E-state index contributed by atoms with van der Waals surface area (Å²) in [7, 11) is 3.27. The molecule has 1 saturated heterocycles. The van der Waals surface area contributed by atoms with Gasteiger partial charge in [-0.3, -0.25) is 4.79 Å². The Morgan fingerprint density at radius 2 is 1.57 bits per heavy atom. The molecule has 1 aliphatic rings. The van der Waals surface area contributed by atoms with Gasteiger partial charge in [-0.05, 0) is 53.9 Å². The maximum Gasteiger partial charge on any atom is 0.223 e. The highest BCUT2D eigenvalue weighted by Gasteiger charge is 2.28. The van der Waals surface area contributed by atoms with E-state index in [4.69, 9.17) is 19.2 Å². The summed E-state index contributed by atoms with van der Waals surface area (Å²) in [4.78, 5) is 23.1. The van der Waals surface area contributed by atoms with E-state index in [1.807, 2.05) is 82.4 Å². The zero-order valence-electron chi connectivity index (χ0n) is 25.5. The second-order valence-corrected chi connectivity index (χ2v) is 11.1. The van der Waals surface area contributed by atoms with Crippen LogP contribution in [0, 0.1) is 6.92 Å². The summed E-state index contributed by atoms with van der Waals surface area (Å²) in [5.74, 6) is 1.84. The molecule has 6 rings (SSSR count). The van der Waals surface area contributed by atoms with Gasteiger partial charge in [0.15, 0.2) is 11.4 Å².